The minimum Gasteiger partial charge on any atom is -0.381 e. The molecule has 0 aromatic carbocycles. The molecule has 72 valence electrons. The minimum atomic E-state index is -0.568. The molecular formula is C8H5BrFN3S. The van der Waals surface area contributed by atoms with Crippen LogP contribution in [0.4, 0.5) is 10.2 Å². The Morgan fingerprint density at radius 3 is 2.79 bits per heavy atom. The molecule has 0 bridgehead atoms. The molecule has 0 aliphatic heterocycles. The van der Waals surface area contributed by atoms with Crippen LogP contribution < -0.4 is 5.73 Å². The number of nitrogen functional groups attached to an aromatic ring is 1. The standard InChI is InChI=1S/C8H5BrFN3S/c9-5-2-1-4(14-5)7-6(10)8(11)13-3-12-7/h1-3H,(H2,11,12,13). The Hall–Kier alpha value is -1.01. The highest BCUT2D eigenvalue weighted by Gasteiger charge is 2.12. The van der Waals surface area contributed by atoms with Gasteiger partial charge in [-0.05, 0) is 28.1 Å². The summed E-state index contributed by atoms with van der Waals surface area (Å²) in [5, 5.41) is 0. The molecule has 0 aliphatic carbocycles. The van der Waals surface area contributed by atoms with Gasteiger partial charge in [-0.25, -0.2) is 14.4 Å². The van der Waals surface area contributed by atoms with Crippen LogP contribution in [0, 0.1) is 5.82 Å². The van der Waals surface area contributed by atoms with E-state index in [1.807, 2.05) is 6.07 Å². The summed E-state index contributed by atoms with van der Waals surface area (Å²) in [5.74, 6) is -0.693. The summed E-state index contributed by atoms with van der Waals surface area (Å²) in [6, 6.07) is 3.61. The van der Waals surface area contributed by atoms with Crippen molar-refractivity contribution in [2.45, 2.75) is 0 Å². The van der Waals surface area contributed by atoms with Crippen molar-refractivity contribution in [1.82, 2.24) is 9.97 Å². The third-order valence-electron chi connectivity index (χ3n) is 1.62. The molecule has 0 radical (unpaired) electrons. The average molecular weight is 274 g/mol. The normalized spacial score (nSPS) is 10.4. The van der Waals surface area contributed by atoms with Crippen LogP contribution in [-0.2, 0) is 0 Å². The number of rotatable bonds is 1. The third kappa shape index (κ3) is 1.62. The van der Waals surface area contributed by atoms with Crippen molar-refractivity contribution in [1.29, 1.82) is 0 Å². The highest BCUT2D eigenvalue weighted by atomic mass is 79.9. The maximum absolute atomic E-state index is 13.4. The SMILES string of the molecule is Nc1ncnc(-c2ccc(Br)s2)c1F. The van der Waals surface area contributed by atoms with Crippen molar-refractivity contribution in [3.8, 4) is 10.6 Å². The lowest BCUT2D eigenvalue weighted by Gasteiger charge is -1.99. The molecule has 0 spiro atoms. The van der Waals surface area contributed by atoms with Gasteiger partial charge in [0.2, 0.25) is 0 Å². The zero-order chi connectivity index (χ0) is 10.1. The van der Waals surface area contributed by atoms with Crippen LogP contribution in [0.5, 0.6) is 0 Å². The van der Waals surface area contributed by atoms with Gasteiger partial charge in [-0.1, -0.05) is 0 Å². The first-order valence-corrected chi connectivity index (χ1v) is 5.31. The Morgan fingerprint density at radius 1 is 1.36 bits per heavy atom. The van der Waals surface area contributed by atoms with Gasteiger partial charge >= 0.3 is 0 Å². The molecule has 0 saturated carbocycles. The van der Waals surface area contributed by atoms with Crippen molar-refractivity contribution in [2.24, 2.45) is 0 Å². The number of hydrogen-bond acceptors (Lipinski definition) is 4. The number of halogens is 2. The van der Waals surface area contributed by atoms with Crippen LogP contribution in [0.1, 0.15) is 0 Å². The lowest BCUT2D eigenvalue weighted by atomic mass is 10.3. The molecule has 6 heteroatoms. The molecule has 2 aromatic rings. The molecule has 14 heavy (non-hydrogen) atoms. The summed E-state index contributed by atoms with van der Waals surface area (Å²) >= 11 is 4.69. The predicted molar refractivity (Wildman–Crippen MR) is 57.4 cm³/mol. The monoisotopic (exact) mass is 273 g/mol. The molecule has 0 saturated heterocycles. The fraction of sp³-hybridized carbons (Fsp3) is 0. The second-order valence-electron chi connectivity index (χ2n) is 2.53. The molecule has 0 atom stereocenters. The van der Waals surface area contributed by atoms with E-state index in [4.69, 9.17) is 5.73 Å². The first-order valence-electron chi connectivity index (χ1n) is 3.70. The van der Waals surface area contributed by atoms with E-state index in [9.17, 15) is 4.39 Å². The molecule has 2 N–H and O–H groups in total. The molecule has 0 unspecified atom stereocenters. The van der Waals surface area contributed by atoms with E-state index in [1.165, 1.54) is 17.7 Å². The highest BCUT2D eigenvalue weighted by molar-refractivity contribution is 9.11. The van der Waals surface area contributed by atoms with Crippen molar-refractivity contribution in [2.75, 3.05) is 5.73 Å². The largest absolute Gasteiger partial charge is 0.381 e. The number of hydrogen-bond donors (Lipinski definition) is 1. The van der Waals surface area contributed by atoms with Gasteiger partial charge in [0.25, 0.3) is 0 Å². The molecule has 0 aliphatic rings. The molecule has 3 nitrogen and oxygen atoms in total. The number of aromatic nitrogens is 2. The van der Waals surface area contributed by atoms with E-state index in [1.54, 1.807) is 6.07 Å². The zero-order valence-electron chi connectivity index (χ0n) is 6.87. The van der Waals surface area contributed by atoms with Gasteiger partial charge in [0.15, 0.2) is 11.6 Å². The van der Waals surface area contributed by atoms with Gasteiger partial charge in [-0.15, -0.1) is 11.3 Å². The highest BCUT2D eigenvalue weighted by Crippen LogP contribution is 2.32. The van der Waals surface area contributed by atoms with E-state index in [0.29, 0.717) is 0 Å². The Morgan fingerprint density at radius 2 is 2.14 bits per heavy atom. The quantitative estimate of drug-likeness (QED) is 0.869. The second kappa shape index (κ2) is 3.62. The van der Waals surface area contributed by atoms with Crippen molar-refractivity contribution in [3.63, 3.8) is 0 Å². The fourth-order valence-electron chi connectivity index (χ4n) is 0.997. The maximum Gasteiger partial charge on any atom is 0.192 e. The van der Waals surface area contributed by atoms with E-state index in [2.05, 4.69) is 25.9 Å². The number of anilines is 1. The van der Waals surface area contributed by atoms with Gasteiger partial charge in [-0.3, -0.25) is 0 Å². The van der Waals surface area contributed by atoms with Gasteiger partial charge in [0.1, 0.15) is 12.0 Å². The van der Waals surface area contributed by atoms with E-state index in [0.717, 1.165) is 8.66 Å². The van der Waals surface area contributed by atoms with Gasteiger partial charge in [0.05, 0.1) is 8.66 Å². The predicted octanol–water partition coefficient (Wildman–Crippen LogP) is 2.69. The van der Waals surface area contributed by atoms with Crippen LogP contribution >= 0.6 is 27.3 Å². The summed E-state index contributed by atoms with van der Waals surface area (Å²) in [7, 11) is 0. The Bertz CT molecular complexity index is 471. The van der Waals surface area contributed by atoms with E-state index >= 15 is 0 Å². The third-order valence-corrected chi connectivity index (χ3v) is 3.25. The molecule has 0 fully saturated rings. The summed E-state index contributed by atoms with van der Waals surface area (Å²) < 4.78 is 14.4. The Balaban J connectivity index is 2.57. The van der Waals surface area contributed by atoms with Gasteiger partial charge < -0.3 is 5.73 Å². The lowest BCUT2D eigenvalue weighted by Crippen LogP contribution is -1.98. The van der Waals surface area contributed by atoms with Crippen molar-refractivity contribution in [3.05, 3.63) is 28.1 Å². The first kappa shape index (κ1) is 9.54. The fourth-order valence-corrected chi connectivity index (χ4v) is 2.37. The Labute approximate surface area is 91.9 Å². The molecular weight excluding hydrogens is 269 g/mol. The molecule has 2 heterocycles. The van der Waals surface area contributed by atoms with Gasteiger partial charge in [0, 0.05) is 0 Å². The smallest absolute Gasteiger partial charge is 0.192 e. The maximum atomic E-state index is 13.4. The summed E-state index contributed by atoms with van der Waals surface area (Å²) in [5.41, 5.74) is 5.58. The second-order valence-corrected chi connectivity index (χ2v) is 4.99. The average Bonchev–Trinajstić information content (AvgIpc) is 2.57. The van der Waals surface area contributed by atoms with Crippen molar-refractivity contribution < 1.29 is 4.39 Å². The van der Waals surface area contributed by atoms with Crippen LogP contribution in [-0.4, -0.2) is 9.97 Å². The van der Waals surface area contributed by atoms with Crippen LogP contribution in [0.15, 0.2) is 22.2 Å². The number of nitrogens with two attached hydrogens (primary N) is 1. The molecule has 0 amide bonds. The number of thiophene rings is 1. The number of nitrogens with zero attached hydrogens (tertiary/aromatic N) is 2. The first-order chi connectivity index (χ1) is 6.68. The summed E-state index contributed by atoms with van der Waals surface area (Å²) in [6.07, 6.45) is 1.25. The Kier molecular flexibility index (Phi) is 2.47. The minimum absolute atomic E-state index is 0.125. The zero-order valence-corrected chi connectivity index (χ0v) is 9.27. The molecule has 2 rings (SSSR count). The lowest BCUT2D eigenvalue weighted by molar-refractivity contribution is 0.624. The molecule has 2 aromatic heterocycles. The van der Waals surface area contributed by atoms with Crippen LogP contribution in [0.25, 0.3) is 10.6 Å². The van der Waals surface area contributed by atoms with E-state index < -0.39 is 5.82 Å². The van der Waals surface area contributed by atoms with Crippen LogP contribution in [0.3, 0.4) is 0 Å². The van der Waals surface area contributed by atoms with Crippen LogP contribution in [0.2, 0.25) is 0 Å². The van der Waals surface area contributed by atoms with Gasteiger partial charge in [-0.2, -0.15) is 0 Å². The summed E-state index contributed by atoms with van der Waals surface area (Å²) in [4.78, 5) is 8.13. The topological polar surface area (TPSA) is 51.8 Å². The van der Waals surface area contributed by atoms with E-state index in [-0.39, 0.29) is 11.5 Å². The summed E-state index contributed by atoms with van der Waals surface area (Å²) in [6.45, 7) is 0. The van der Waals surface area contributed by atoms with Crippen molar-refractivity contribution >= 4 is 33.1 Å².